The number of ether oxygens (including phenoxy) is 1. The van der Waals surface area contributed by atoms with E-state index in [0.29, 0.717) is 0 Å². The lowest BCUT2D eigenvalue weighted by Crippen LogP contribution is -2.26. The maximum Gasteiger partial charge on any atom is 0.407 e. The van der Waals surface area contributed by atoms with Gasteiger partial charge >= 0.3 is 12.1 Å². The Morgan fingerprint density at radius 3 is 2.82 bits per heavy atom. The molecule has 0 aliphatic carbocycles. The van der Waals surface area contributed by atoms with E-state index in [1.807, 2.05) is 24.3 Å². The predicted molar refractivity (Wildman–Crippen MR) is 64.6 cm³/mol. The first-order chi connectivity index (χ1) is 8.08. The molecular weight excluding hydrogens is 290 g/mol. The second-order valence-electron chi connectivity index (χ2n) is 3.28. The van der Waals surface area contributed by atoms with Crippen LogP contribution >= 0.6 is 15.9 Å². The summed E-state index contributed by atoms with van der Waals surface area (Å²) in [6.45, 7) is 0.213. The molecule has 0 spiro atoms. The fourth-order valence-corrected chi connectivity index (χ4v) is 1.54. The van der Waals surface area contributed by atoms with Crippen LogP contribution in [0.4, 0.5) is 4.79 Å². The highest BCUT2D eigenvalue weighted by Gasteiger charge is 2.03. The van der Waals surface area contributed by atoms with Gasteiger partial charge in [0.15, 0.2) is 0 Å². The minimum Gasteiger partial charge on any atom is -0.481 e. The molecule has 0 heterocycles. The predicted octanol–water partition coefficient (Wildman–Crippen LogP) is 2.15. The molecule has 0 unspecified atom stereocenters. The molecule has 17 heavy (non-hydrogen) atoms. The zero-order chi connectivity index (χ0) is 12.7. The van der Waals surface area contributed by atoms with Crippen molar-refractivity contribution in [2.24, 2.45) is 0 Å². The van der Waals surface area contributed by atoms with Gasteiger partial charge in [-0.25, -0.2) is 4.79 Å². The Bertz CT molecular complexity index is 408. The Labute approximate surface area is 107 Å². The van der Waals surface area contributed by atoms with Crippen LogP contribution in [0.5, 0.6) is 0 Å². The van der Waals surface area contributed by atoms with E-state index in [2.05, 4.69) is 21.2 Å². The number of rotatable bonds is 5. The van der Waals surface area contributed by atoms with Crippen molar-refractivity contribution < 1.29 is 19.4 Å². The molecule has 5 nitrogen and oxygen atoms in total. The van der Waals surface area contributed by atoms with Gasteiger partial charge in [-0.15, -0.1) is 0 Å². The number of nitrogens with one attached hydrogen (secondary N) is 1. The molecule has 0 aromatic heterocycles. The number of hydrogen-bond acceptors (Lipinski definition) is 3. The molecule has 0 atom stereocenters. The molecule has 0 aliphatic heterocycles. The first-order valence-corrected chi connectivity index (χ1v) is 5.74. The number of alkyl carbamates (subject to hydrolysis) is 1. The van der Waals surface area contributed by atoms with Gasteiger partial charge in [-0.05, 0) is 17.7 Å². The van der Waals surface area contributed by atoms with Gasteiger partial charge in [-0.2, -0.15) is 0 Å². The normalized spacial score (nSPS) is 9.71. The molecule has 0 fully saturated rings. The van der Waals surface area contributed by atoms with Crippen LogP contribution in [-0.2, 0) is 16.1 Å². The molecule has 0 bridgehead atoms. The van der Waals surface area contributed by atoms with Crippen molar-refractivity contribution >= 4 is 28.0 Å². The summed E-state index contributed by atoms with van der Waals surface area (Å²) in [6, 6.07) is 7.38. The van der Waals surface area contributed by atoms with Crippen molar-refractivity contribution in [1.82, 2.24) is 5.32 Å². The summed E-state index contributed by atoms with van der Waals surface area (Å²) in [6.07, 6.45) is -0.738. The SMILES string of the molecule is O=C(O)CCNC(=O)OCc1cccc(Br)c1. The van der Waals surface area contributed by atoms with E-state index in [-0.39, 0.29) is 19.6 Å². The highest BCUT2D eigenvalue weighted by molar-refractivity contribution is 9.10. The van der Waals surface area contributed by atoms with E-state index in [1.165, 1.54) is 0 Å². The minimum atomic E-state index is -0.961. The molecule has 92 valence electrons. The molecular formula is C11H12BrNO4. The van der Waals surface area contributed by atoms with Crippen LogP contribution in [0.25, 0.3) is 0 Å². The fraction of sp³-hybridized carbons (Fsp3) is 0.273. The second-order valence-corrected chi connectivity index (χ2v) is 4.19. The first-order valence-electron chi connectivity index (χ1n) is 4.95. The molecule has 0 aliphatic rings. The number of halogens is 1. The van der Waals surface area contributed by atoms with E-state index >= 15 is 0 Å². The van der Waals surface area contributed by atoms with Crippen molar-refractivity contribution in [2.45, 2.75) is 13.0 Å². The molecule has 0 saturated carbocycles. The number of carbonyl (C=O) groups is 2. The summed E-state index contributed by atoms with van der Waals surface area (Å²) in [5.41, 5.74) is 0.854. The van der Waals surface area contributed by atoms with E-state index in [1.54, 1.807) is 0 Å². The molecule has 1 aromatic rings. The molecule has 2 N–H and O–H groups in total. The van der Waals surface area contributed by atoms with E-state index in [0.717, 1.165) is 10.0 Å². The van der Waals surface area contributed by atoms with Crippen molar-refractivity contribution in [3.05, 3.63) is 34.3 Å². The highest BCUT2D eigenvalue weighted by Crippen LogP contribution is 2.12. The van der Waals surface area contributed by atoms with Gasteiger partial charge in [0.2, 0.25) is 0 Å². The number of aliphatic carboxylic acids is 1. The lowest BCUT2D eigenvalue weighted by atomic mass is 10.2. The van der Waals surface area contributed by atoms with Crippen LogP contribution in [0.3, 0.4) is 0 Å². The third kappa shape index (κ3) is 5.91. The summed E-state index contributed by atoms with van der Waals surface area (Å²) in [7, 11) is 0. The third-order valence-corrected chi connectivity index (χ3v) is 2.36. The lowest BCUT2D eigenvalue weighted by Gasteiger charge is -2.06. The quantitative estimate of drug-likeness (QED) is 0.874. The molecule has 6 heteroatoms. The van der Waals surface area contributed by atoms with Crippen LogP contribution in [0, 0.1) is 0 Å². The Morgan fingerprint density at radius 1 is 1.41 bits per heavy atom. The minimum absolute atomic E-state index is 0.0622. The first kappa shape index (κ1) is 13.5. The van der Waals surface area contributed by atoms with Crippen molar-refractivity contribution in [2.75, 3.05) is 6.54 Å². The van der Waals surface area contributed by atoms with Crippen molar-refractivity contribution in [1.29, 1.82) is 0 Å². The van der Waals surface area contributed by atoms with Gasteiger partial charge in [0.25, 0.3) is 0 Å². The fourth-order valence-electron chi connectivity index (χ4n) is 1.10. The topological polar surface area (TPSA) is 75.6 Å². The van der Waals surface area contributed by atoms with Crippen LogP contribution in [0.2, 0.25) is 0 Å². The summed E-state index contributed by atoms with van der Waals surface area (Å²) >= 11 is 3.31. The Kier molecular flexibility index (Phi) is 5.48. The van der Waals surface area contributed by atoms with E-state index in [4.69, 9.17) is 9.84 Å². The second kappa shape index (κ2) is 6.90. The number of carbonyl (C=O) groups excluding carboxylic acids is 1. The van der Waals surface area contributed by atoms with E-state index in [9.17, 15) is 9.59 Å². The Morgan fingerprint density at radius 2 is 2.18 bits per heavy atom. The summed E-state index contributed by atoms with van der Waals surface area (Å²) in [5, 5.41) is 10.7. The third-order valence-electron chi connectivity index (χ3n) is 1.87. The standard InChI is InChI=1S/C11H12BrNO4/c12-9-3-1-2-8(6-9)7-17-11(16)13-5-4-10(14)15/h1-3,6H,4-5,7H2,(H,13,16)(H,14,15). The number of benzene rings is 1. The van der Waals surface area contributed by atoms with Crippen molar-refractivity contribution in [3.8, 4) is 0 Å². The summed E-state index contributed by atoms with van der Waals surface area (Å²) in [5.74, 6) is -0.961. The average molecular weight is 302 g/mol. The molecule has 1 amide bonds. The van der Waals surface area contributed by atoms with Gasteiger partial charge in [0.1, 0.15) is 6.61 Å². The number of carboxylic acids is 1. The van der Waals surface area contributed by atoms with Crippen molar-refractivity contribution in [3.63, 3.8) is 0 Å². The smallest absolute Gasteiger partial charge is 0.407 e. The van der Waals surface area contributed by atoms with Gasteiger partial charge < -0.3 is 15.2 Å². The molecule has 1 rings (SSSR count). The number of carboxylic acid groups (broad SMARTS) is 1. The molecule has 0 radical (unpaired) electrons. The van der Waals surface area contributed by atoms with Crippen LogP contribution < -0.4 is 5.32 Å². The van der Waals surface area contributed by atoms with Gasteiger partial charge in [0, 0.05) is 11.0 Å². The summed E-state index contributed by atoms with van der Waals surface area (Å²) in [4.78, 5) is 21.3. The number of amides is 1. The average Bonchev–Trinajstić information content (AvgIpc) is 2.26. The monoisotopic (exact) mass is 301 g/mol. The molecule has 0 saturated heterocycles. The maximum absolute atomic E-state index is 11.1. The summed E-state index contributed by atoms with van der Waals surface area (Å²) < 4.78 is 5.81. The van der Waals surface area contributed by atoms with Crippen LogP contribution in [-0.4, -0.2) is 23.7 Å². The van der Waals surface area contributed by atoms with Gasteiger partial charge in [-0.3, -0.25) is 4.79 Å². The van der Waals surface area contributed by atoms with Crippen LogP contribution in [0.15, 0.2) is 28.7 Å². The molecule has 1 aromatic carbocycles. The zero-order valence-corrected chi connectivity index (χ0v) is 10.6. The van der Waals surface area contributed by atoms with E-state index < -0.39 is 12.1 Å². The number of hydrogen-bond donors (Lipinski definition) is 2. The lowest BCUT2D eigenvalue weighted by molar-refractivity contribution is -0.136. The van der Waals surface area contributed by atoms with Crippen LogP contribution in [0.1, 0.15) is 12.0 Å². The maximum atomic E-state index is 11.1. The van der Waals surface area contributed by atoms with Gasteiger partial charge in [-0.1, -0.05) is 28.1 Å². The highest BCUT2D eigenvalue weighted by atomic mass is 79.9. The Balaban J connectivity index is 2.26. The van der Waals surface area contributed by atoms with Gasteiger partial charge in [0.05, 0.1) is 6.42 Å². The Hall–Kier alpha value is -1.56. The largest absolute Gasteiger partial charge is 0.481 e. The zero-order valence-electron chi connectivity index (χ0n) is 8.98.